The molecule has 3 aliphatic heterocycles. The van der Waals surface area contributed by atoms with Crippen LogP contribution in [0.1, 0.15) is 72.0 Å². The average molecular weight is 485 g/mol. The number of furan rings is 1. The number of hydrogen-bond acceptors (Lipinski definition) is 4. The van der Waals surface area contributed by atoms with Crippen LogP contribution < -0.4 is 3.78 Å². The fourth-order valence-electron chi connectivity index (χ4n) is 4.35. The third-order valence-corrected chi connectivity index (χ3v) is 21.3. The summed E-state index contributed by atoms with van der Waals surface area (Å²) < 4.78 is 30.1. The van der Waals surface area contributed by atoms with E-state index in [-0.39, 0.29) is 5.41 Å². The Morgan fingerprint density at radius 3 is 1.74 bits per heavy atom. The standard InChI is InChI=1S/C10H11O4.3C4H9.Sn/c1-9-5-12-10(13-6-9,14-7-9)8-3-2-4-11-8;3*1-3-4-2;/h2-3H,5-7H2,1H3;3*1,3-4H2,2H3;. The van der Waals surface area contributed by atoms with Crippen molar-refractivity contribution in [3.8, 4) is 0 Å². The fourth-order valence-corrected chi connectivity index (χ4v) is 19.6. The molecule has 0 saturated carbocycles. The first-order valence-electron chi connectivity index (χ1n) is 11.0. The Hall–Kier alpha value is -0.0413. The van der Waals surface area contributed by atoms with E-state index in [0.717, 1.165) is 5.76 Å². The van der Waals surface area contributed by atoms with Crippen LogP contribution in [0.2, 0.25) is 13.3 Å². The Balaban J connectivity index is 1.86. The van der Waals surface area contributed by atoms with Gasteiger partial charge in [0.15, 0.2) is 0 Å². The predicted molar refractivity (Wildman–Crippen MR) is 111 cm³/mol. The molecule has 5 heteroatoms. The fraction of sp³-hybridized carbons (Fsp3) is 0.818. The second-order valence-electron chi connectivity index (χ2n) is 8.99. The first-order chi connectivity index (χ1) is 13.0. The van der Waals surface area contributed by atoms with Gasteiger partial charge in [-0.25, -0.2) is 0 Å². The molecule has 3 fully saturated rings. The van der Waals surface area contributed by atoms with Gasteiger partial charge in [0, 0.05) is 0 Å². The molecule has 4 rings (SSSR count). The first-order valence-corrected chi connectivity index (χ1v) is 18.5. The van der Waals surface area contributed by atoms with Crippen molar-refractivity contribution in [3.05, 3.63) is 17.9 Å². The number of fused-ring (bicyclic) bond motifs is 3. The van der Waals surface area contributed by atoms with Gasteiger partial charge in [0.1, 0.15) is 0 Å². The third kappa shape index (κ3) is 4.59. The van der Waals surface area contributed by atoms with Crippen LogP contribution in [0.5, 0.6) is 0 Å². The average Bonchev–Trinajstić information content (AvgIpc) is 3.20. The van der Waals surface area contributed by atoms with E-state index in [1.54, 1.807) is 0 Å². The summed E-state index contributed by atoms with van der Waals surface area (Å²) in [6.45, 7) is 11.1. The zero-order valence-electron chi connectivity index (χ0n) is 17.8. The predicted octanol–water partition coefficient (Wildman–Crippen LogP) is 5.53. The van der Waals surface area contributed by atoms with Crippen LogP contribution in [-0.4, -0.2) is 38.2 Å². The van der Waals surface area contributed by atoms with Crippen molar-refractivity contribution in [1.29, 1.82) is 0 Å². The zero-order valence-corrected chi connectivity index (χ0v) is 20.6. The molecule has 0 radical (unpaired) electrons. The molecule has 2 bridgehead atoms. The summed E-state index contributed by atoms with van der Waals surface area (Å²) >= 11 is -2.57. The van der Waals surface area contributed by atoms with E-state index < -0.39 is 24.4 Å². The number of hydrogen-bond donors (Lipinski definition) is 0. The molecule has 0 amide bonds. The molecule has 3 aliphatic rings. The molecule has 0 unspecified atom stereocenters. The molecule has 3 saturated heterocycles. The zero-order chi connectivity index (χ0) is 19.4. The van der Waals surface area contributed by atoms with Crippen molar-refractivity contribution in [1.82, 2.24) is 0 Å². The van der Waals surface area contributed by atoms with E-state index in [9.17, 15) is 0 Å². The van der Waals surface area contributed by atoms with E-state index in [1.165, 1.54) is 55.6 Å². The monoisotopic (exact) mass is 486 g/mol. The minimum atomic E-state index is -2.57. The van der Waals surface area contributed by atoms with Gasteiger partial charge >= 0.3 is 169 Å². The van der Waals surface area contributed by atoms with Crippen LogP contribution in [-0.2, 0) is 20.2 Å². The van der Waals surface area contributed by atoms with E-state index >= 15 is 0 Å². The third-order valence-electron chi connectivity index (χ3n) is 6.29. The quantitative estimate of drug-likeness (QED) is 0.387. The van der Waals surface area contributed by atoms with Gasteiger partial charge in [-0.1, -0.05) is 0 Å². The van der Waals surface area contributed by atoms with Crippen LogP contribution in [0.3, 0.4) is 0 Å². The van der Waals surface area contributed by atoms with Crippen molar-refractivity contribution < 1.29 is 18.6 Å². The summed E-state index contributed by atoms with van der Waals surface area (Å²) in [4.78, 5) is 0. The van der Waals surface area contributed by atoms with Crippen molar-refractivity contribution in [2.75, 3.05) is 19.8 Å². The molecule has 1 aromatic heterocycles. The molecule has 27 heavy (non-hydrogen) atoms. The summed E-state index contributed by atoms with van der Waals surface area (Å²) in [5, 5.41) is 0. The Morgan fingerprint density at radius 1 is 0.815 bits per heavy atom. The van der Waals surface area contributed by atoms with Crippen molar-refractivity contribution >= 4 is 22.2 Å². The van der Waals surface area contributed by atoms with Gasteiger partial charge in [-0.15, -0.1) is 0 Å². The van der Waals surface area contributed by atoms with Crippen LogP contribution in [0.25, 0.3) is 0 Å². The second kappa shape index (κ2) is 9.19. The topological polar surface area (TPSA) is 40.8 Å². The summed E-state index contributed by atoms with van der Waals surface area (Å²) in [6, 6.07) is 4.32. The number of ether oxygens (including phenoxy) is 3. The van der Waals surface area contributed by atoms with E-state index in [1.807, 2.05) is 0 Å². The van der Waals surface area contributed by atoms with Gasteiger partial charge in [0.25, 0.3) is 0 Å². The normalized spacial score (nSPS) is 28.0. The Labute approximate surface area is 169 Å². The molecule has 0 aliphatic carbocycles. The molecule has 154 valence electrons. The molecule has 0 spiro atoms. The van der Waals surface area contributed by atoms with E-state index in [4.69, 9.17) is 18.6 Å². The number of unbranched alkanes of at least 4 members (excludes halogenated alkanes) is 3. The SMILES string of the molecule is CCC[CH2][Sn]([CH2]CCC)([CH2]CCC)[c]1ccc(C23OCC(C)(CO2)CO3)o1. The van der Waals surface area contributed by atoms with Gasteiger partial charge in [-0.3, -0.25) is 0 Å². The molecule has 4 heterocycles. The van der Waals surface area contributed by atoms with Crippen molar-refractivity contribution in [2.24, 2.45) is 5.41 Å². The van der Waals surface area contributed by atoms with E-state index in [0.29, 0.717) is 19.8 Å². The minimum absolute atomic E-state index is 0.0243. The molecule has 0 N–H and O–H groups in total. The van der Waals surface area contributed by atoms with Gasteiger partial charge in [0.05, 0.1) is 0 Å². The summed E-state index contributed by atoms with van der Waals surface area (Å²) in [5.41, 5.74) is -0.0243. The molecule has 0 atom stereocenters. The Bertz CT molecular complexity index is 551. The van der Waals surface area contributed by atoms with Crippen LogP contribution >= 0.6 is 0 Å². The van der Waals surface area contributed by atoms with Gasteiger partial charge < -0.3 is 0 Å². The Morgan fingerprint density at radius 2 is 1.30 bits per heavy atom. The maximum atomic E-state index is 6.55. The first kappa shape index (κ1) is 21.7. The van der Waals surface area contributed by atoms with Crippen LogP contribution in [0, 0.1) is 5.41 Å². The van der Waals surface area contributed by atoms with Crippen molar-refractivity contribution in [2.45, 2.75) is 85.5 Å². The van der Waals surface area contributed by atoms with E-state index in [2.05, 4.69) is 39.8 Å². The van der Waals surface area contributed by atoms with Gasteiger partial charge in [0.2, 0.25) is 0 Å². The Kier molecular flexibility index (Phi) is 7.37. The number of rotatable bonds is 11. The van der Waals surface area contributed by atoms with Gasteiger partial charge in [-0.2, -0.15) is 0 Å². The molecule has 1 aromatic rings. The summed E-state index contributed by atoms with van der Waals surface area (Å²) in [7, 11) is 0. The van der Waals surface area contributed by atoms with Crippen LogP contribution in [0.15, 0.2) is 16.5 Å². The summed E-state index contributed by atoms with van der Waals surface area (Å²) in [6.07, 6.45) is 7.78. The van der Waals surface area contributed by atoms with Gasteiger partial charge in [-0.05, 0) is 0 Å². The molecular formula is C22H38O4Sn. The second-order valence-corrected chi connectivity index (χ2v) is 22.0. The van der Waals surface area contributed by atoms with Crippen molar-refractivity contribution in [3.63, 3.8) is 0 Å². The van der Waals surface area contributed by atoms with Crippen LogP contribution in [0.4, 0.5) is 0 Å². The summed E-state index contributed by atoms with van der Waals surface area (Å²) in [5.74, 6) is -0.377. The maximum absolute atomic E-state index is 6.55. The molecular weight excluding hydrogens is 447 g/mol. The molecule has 0 aromatic carbocycles. The molecule has 4 nitrogen and oxygen atoms in total.